The fourth-order valence-corrected chi connectivity index (χ4v) is 5.45. The van der Waals surface area contributed by atoms with E-state index < -0.39 is 27.6 Å². The summed E-state index contributed by atoms with van der Waals surface area (Å²) in [4.78, 5) is 12.5. The van der Waals surface area contributed by atoms with Crippen molar-refractivity contribution in [1.29, 1.82) is 0 Å². The lowest BCUT2D eigenvalue weighted by Crippen LogP contribution is -2.37. The Labute approximate surface area is 191 Å². The van der Waals surface area contributed by atoms with Gasteiger partial charge in [0.2, 0.25) is 10.0 Å². The molecule has 0 bridgehead atoms. The Bertz CT molecular complexity index is 1310. The summed E-state index contributed by atoms with van der Waals surface area (Å²) >= 11 is 12.0. The van der Waals surface area contributed by atoms with Crippen LogP contribution in [0.5, 0.6) is 0 Å². The summed E-state index contributed by atoms with van der Waals surface area (Å²) in [5.74, 6) is -1.84. The monoisotopic (exact) mass is 501 g/mol. The van der Waals surface area contributed by atoms with Gasteiger partial charge in [0, 0.05) is 48.3 Å². The molecule has 168 valence electrons. The van der Waals surface area contributed by atoms with Crippen molar-refractivity contribution < 1.29 is 26.5 Å². The SMILES string of the molecule is O=C(NCc1ccc(F)cc1F)c1noc2c1CN(S(=O)(=O)c1cc(Cl)ccc1Cl)CC2. The number of benzene rings is 2. The predicted octanol–water partition coefficient (Wildman–Crippen LogP) is 3.94. The van der Waals surface area contributed by atoms with Crippen LogP contribution in [0.4, 0.5) is 8.78 Å². The number of aromatic nitrogens is 1. The van der Waals surface area contributed by atoms with E-state index in [4.69, 9.17) is 27.7 Å². The maximum atomic E-state index is 13.8. The number of nitrogens with one attached hydrogen (secondary N) is 1. The molecule has 1 N–H and O–H groups in total. The van der Waals surface area contributed by atoms with Gasteiger partial charge in [-0.1, -0.05) is 34.4 Å². The molecule has 1 aliphatic rings. The molecule has 32 heavy (non-hydrogen) atoms. The summed E-state index contributed by atoms with van der Waals surface area (Å²) in [7, 11) is -4.01. The summed E-state index contributed by atoms with van der Waals surface area (Å²) in [6, 6.07) is 7.12. The quantitative estimate of drug-likeness (QED) is 0.571. The number of nitrogens with zero attached hydrogens (tertiary/aromatic N) is 2. The van der Waals surface area contributed by atoms with Crippen LogP contribution in [-0.4, -0.2) is 30.3 Å². The number of fused-ring (bicyclic) bond motifs is 1. The Morgan fingerprint density at radius 3 is 2.72 bits per heavy atom. The molecule has 2 aromatic carbocycles. The van der Waals surface area contributed by atoms with E-state index in [2.05, 4.69) is 10.5 Å². The standard InChI is InChI=1S/C20H15Cl2F2N3O4S/c21-12-2-4-15(22)18(7-12)32(29,30)27-6-5-17-14(10-27)19(26-31-17)20(28)25-9-11-1-3-13(23)8-16(11)24/h1-4,7-8H,5-6,9-10H2,(H,25,28). The van der Waals surface area contributed by atoms with Gasteiger partial charge in [-0.15, -0.1) is 0 Å². The highest BCUT2D eigenvalue weighted by Crippen LogP contribution is 2.31. The summed E-state index contributed by atoms with van der Waals surface area (Å²) in [6.07, 6.45) is 0.194. The summed E-state index contributed by atoms with van der Waals surface area (Å²) < 4.78 is 59.4. The number of hydrogen-bond acceptors (Lipinski definition) is 5. The van der Waals surface area contributed by atoms with Crippen LogP contribution in [0.15, 0.2) is 45.8 Å². The zero-order valence-electron chi connectivity index (χ0n) is 16.2. The minimum atomic E-state index is -4.01. The van der Waals surface area contributed by atoms with Crippen LogP contribution < -0.4 is 5.32 Å². The fourth-order valence-electron chi connectivity index (χ4n) is 3.31. The van der Waals surface area contributed by atoms with Crippen LogP contribution in [0.1, 0.15) is 27.4 Å². The molecular weight excluding hydrogens is 487 g/mol. The van der Waals surface area contributed by atoms with Crippen molar-refractivity contribution in [3.8, 4) is 0 Å². The number of sulfonamides is 1. The van der Waals surface area contributed by atoms with Crippen molar-refractivity contribution >= 4 is 39.1 Å². The molecule has 7 nitrogen and oxygen atoms in total. The number of carbonyl (C=O) groups excluding carboxylic acids is 1. The van der Waals surface area contributed by atoms with Gasteiger partial charge < -0.3 is 9.84 Å². The number of amides is 1. The molecule has 1 aromatic heterocycles. The molecule has 0 atom stereocenters. The second-order valence-electron chi connectivity index (χ2n) is 7.01. The Morgan fingerprint density at radius 2 is 1.97 bits per heavy atom. The van der Waals surface area contributed by atoms with E-state index in [1.165, 1.54) is 24.3 Å². The van der Waals surface area contributed by atoms with Crippen LogP contribution in [-0.2, 0) is 29.5 Å². The molecule has 2 heterocycles. The lowest BCUT2D eigenvalue weighted by atomic mass is 10.1. The second-order valence-corrected chi connectivity index (χ2v) is 9.76. The molecule has 3 aromatic rings. The van der Waals surface area contributed by atoms with Gasteiger partial charge in [-0.25, -0.2) is 17.2 Å². The van der Waals surface area contributed by atoms with Gasteiger partial charge in [0.25, 0.3) is 5.91 Å². The highest BCUT2D eigenvalue weighted by atomic mass is 35.5. The summed E-state index contributed by atoms with van der Waals surface area (Å²) in [5, 5.41) is 6.47. The van der Waals surface area contributed by atoms with Crippen molar-refractivity contribution in [2.24, 2.45) is 0 Å². The van der Waals surface area contributed by atoms with E-state index in [0.717, 1.165) is 10.4 Å². The molecule has 4 rings (SSSR count). The molecule has 0 spiro atoms. The Kier molecular flexibility index (Phi) is 6.22. The molecule has 0 aliphatic carbocycles. The highest BCUT2D eigenvalue weighted by molar-refractivity contribution is 7.89. The van der Waals surface area contributed by atoms with Crippen LogP contribution in [0.3, 0.4) is 0 Å². The fraction of sp³-hybridized carbons (Fsp3) is 0.200. The molecule has 1 amide bonds. The summed E-state index contributed by atoms with van der Waals surface area (Å²) in [5.41, 5.74) is 0.270. The number of hydrogen-bond donors (Lipinski definition) is 1. The first-order chi connectivity index (χ1) is 15.2. The minimum Gasteiger partial charge on any atom is -0.360 e. The van der Waals surface area contributed by atoms with Gasteiger partial charge in [-0.3, -0.25) is 4.79 Å². The first-order valence-electron chi connectivity index (χ1n) is 9.31. The van der Waals surface area contributed by atoms with E-state index in [1.807, 2.05) is 0 Å². The molecular formula is C20H15Cl2F2N3O4S. The van der Waals surface area contributed by atoms with Crippen molar-refractivity contribution in [3.05, 3.63) is 80.7 Å². The maximum Gasteiger partial charge on any atom is 0.274 e. The van der Waals surface area contributed by atoms with Gasteiger partial charge in [0.1, 0.15) is 22.3 Å². The van der Waals surface area contributed by atoms with Crippen molar-refractivity contribution in [2.75, 3.05) is 6.54 Å². The van der Waals surface area contributed by atoms with E-state index in [0.29, 0.717) is 17.4 Å². The van der Waals surface area contributed by atoms with Gasteiger partial charge in [0.05, 0.1) is 5.02 Å². The second kappa shape index (κ2) is 8.78. The van der Waals surface area contributed by atoms with Crippen LogP contribution >= 0.6 is 23.2 Å². The van der Waals surface area contributed by atoms with Crippen LogP contribution in [0.25, 0.3) is 0 Å². The van der Waals surface area contributed by atoms with Gasteiger partial charge in [-0.05, 0) is 24.3 Å². The van der Waals surface area contributed by atoms with Gasteiger partial charge >= 0.3 is 0 Å². The molecule has 12 heteroatoms. The van der Waals surface area contributed by atoms with E-state index in [1.54, 1.807) is 0 Å². The van der Waals surface area contributed by atoms with E-state index in [-0.39, 0.29) is 52.3 Å². The zero-order valence-corrected chi connectivity index (χ0v) is 18.6. The van der Waals surface area contributed by atoms with E-state index in [9.17, 15) is 22.0 Å². The van der Waals surface area contributed by atoms with Crippen molar-refractivity contribution in [1.82, 2.24) is 14.8 Å². The van der Waals surface area contributed by atoms with E-state index >= 15 is 0 Å². The third-order valence-corrected chi connectivity index (χ3v) is 7.53. The smallest absolute Gasteiger partial charge is 0.274 e. The number of carbonyl (C=O) groups is 1. The lowest BCUT2D eigenvalue weighted by Gasteiger charge is -2.26. The largest absolute Gasteiger partial charge is 0.360 e. The lowest BCUT2D eigenvalue weighted by molar-refractivity contribution is 0.0940. The molecule has 0 saturated heterocycles. The number of rotatable bonds is 5. The molecule has 0 saturated carbocycles. The third kappa shape index (κ3) is 4.36. The van der Waals surface area contributed by atoms with Crippen LogP contribution in [0, 0.1) is 11.6 Å². The van der Waals surface area contributed by atoms with Crippen molar-refractivity contribution in [2.45, 2.75) is 24.4 Å². The average Bonchev–Trinajstić information content (AvgIpc) is 3.18. The van der Waals surface area contributed by atoms with Crippen molar-refractivity contribution in [3.63, 3.8) is 0 Å². The van der Waals surface area contributed by atoms with Crippen LogP contribution in [0.2, 0.25) is 10.0 Å². The molecule has 0 unspecified atom stereocenters. The predicted molar refractivity (Wildman–Crippen MR) is 112 cm³/mol. The van der Waals surface area contributed by atoms with Gasteiger partial charge in [-0.2, -0.15) is 4.31 Å². The molecule has 0 radical (unpaired) electrons. The Morgan fingerprint density at radius 1 is 1.19 bits per heavy atom. The zero-order chi connectivity index (χ0) is 23.0. The maximum absolute atomic E-state index is 13.8. The third-order valence-electron chi connectivity index (χ3n) is 4.97. The normalized spacial score (nSPS) is 14.2. The number of halogens is 4. The molecule has 0 fully saturated rings. The molecule has 1 aliphatic heterocycles. The first-order valence-corrected chi connectivity index (χ1v) is 11.5. The summed E-state index contributed by atoms with van der Waals surface area (Å²) in [6.45, 7) is -0.292. The minimum absolute atomic E-state index is 0.0183. The Balaban J connectivity index is 1.55. The topological polar surface area (TPSA) is 92.5 Å². The Hall–Kier alpha value is -2.53. The highest BCUT2D eigenvalue weighted by Gasteiger charge is 2.35. The first kappa shape index (κ1) is 22.7. The average molecular weight is 502 g/mol. The van der Waals surface area contributed by atoms with Gasteiger partial charge in [0.15, 0.2) is 5.69 Å².